The summed E-state index contributed by atoms with van der Waals surface area (Å²) >= 11 is 1.42. The Labute approximate surface area is 133 Å². The summed E-state index contributed by atoms with van der Waals surface area (Å²) in [5.41, 5.74) is 2.38. The summed E-state index contributed by atoms with van der Waals surface area (Å²) in [6.07, 6.45) is 1.87. The minimum atomic E-state index is 0.0652. The molecule has 0 saturated carbocycles. The van der Waals surface area contributed by atoms with Gasteiger partial charge in [0.1, 0.15) is 5.82 Å². The number of benzene rings is 1. The van der Waals surface area contributed by atoms with Crippen molar-refractivity contribution in [3.63, 3.8) is 0 Å². The lowest BCUT2D eigenvalue weighted by atomic mass is 10.1. The zero-order valence-corrected chi connectivity index (χ0v) is 13.3. The SMILES string of the molecule is Cc1nsc(N2CCC(C(=O)N3CCc4ccccc43)C2)n1. The van der Waals surface area contributed by atoms with Crippen molar-refractivity contribution < 1.29 is 4.79 Å². The number of fused-ring (bicyclic) bond motifs is 1. The Kier molecular flexibility index (Phi) is 3.33. The van der Waals surface area contributed by atoms with Gasteiger partial charge in [-0.05, 0) is 31.4 Å². The first kappa shape index (κ1) is 13.7. The number of hydrogen-bond donors (Lipinski definition) is 0. The zero-order chi connectivity index (χ0) is 15.1. The van der Waals surface area contributed by atoms with Gasteiger partial charge in [-0.25, -0.2) is 4.98 Å². The van der Waals surface area contributed by atoms with Crippen LogP contribution in [0.1, 0.15) is 17.8 Å². The Morgan fingerprint density at radius 2 is 2.18 bits per heavy atom. The van der Waals surface area contributed by atoms with Crippen molar-refractivity contribution in [2.45, 2.75) is 19.8 Å². The molecule has 0 radical (unpaired) electrons. The van der Waals surface area contributed by atoms with Gasteiger partial charge < -0.3 is 9.80 Å². The fourth-order valence-corrected chi connectivity index (χ4v) is 4.05. The first-order chi connectivity index (χ1) is 10.7. The smallest absolute Gasteiger partial charge is 0.231 e. The van der Waals surface area contributed by atoms with Crippen LogP contribution >= 0.6 is 11.5 Å². The second-order valence-electron chi connectivity index (χ2n) is 5.92. The molecule has 2 aromatic rings. The van der Waals surface area contributed by atoms with E-state index in [-0.39, 0.29) is 11.8 Å². The summed E-state index contributed by atoms with van der Waals surface area (Å²) in [4.78, 5) is 21.4. The summed E-state index contributed by atoms with van der Waals surface area (Å²) in [6, 6.07) is 8.23. The average Bonchev–Trinajstić information content (AvgIpc) is 3.25. The highest BCUT2D eigenvalue weighted by molar-refractivity contribution is 7.09. The molecule has 0 bridgehead atoms. The predicted octanol–water partition coefficient (Wildman–Crippen LogP) is 2.26. The molecule has 2 aliphatic heterocycles. The third-order valence-corrected chi connectivity index (χ3v) is 5.35. The van der Waals surface area contributed by atoms with Crippen LogP contribution in [0.5, 0.6) is 0 Å². The highest BCUT2D eigenvalue weighted by Crippen LogP contribution is 2.32. The molecular weight excluding hydrogens is 296 g/mol. The second kappa shape index (κ2) is 5.35. The lowest BCUT2D eigenvalue weighted by Gasteiger charge is -2.21. The Morgan fingerprint density at radius 3 is 3.00 bits per heavy atom. The van der Waals surface area contributed by atoms with Crippen LogP contribution in [0.25, 0.3) is 0 Å². The van der Waals surface area contributed by atoms with E-state index in [1.807, 2.05) is 24.0 Å². The summed E-state index contributed by atoms with van der Waals surface area (Å²) < 4.78 is 4.23. The van der Waals surface area contributed by atoms with Crippen LogP contribution in [-0.4, -0.2) is 34.9 Å². The molecule has 5 nitrogen and oxygen atoms in total. The molecule has 2 aliphatic rings. The number of anilines is 2. The summed E-state index contributed by atoms with van der Waals surface area (Å²) in [5.74, 6) is 1.13. The van der Waals surface area contributed by atoms with Crippen molar-refractivity contribution in [2.24, 2.45) is 5.92 Å². The van der Waals surface area contributed by atoms with Crippen LogP contribution in [0, 0.1) is 12.8 Å². The number of hydrogen-bond acceptors (Lipinski definition) is 5. The van der Waals surface area contributed by atoms with E-state index in [0.717, 1.165) is 49.1 Å². The van der Waals surface area contributed by atoms with Crippen molar-refractivity contribution >= 4 is 28.3 Å². The monoisotopic (exact) mass is 314 g/mol. The molecule has 0 spiro atoms. The van der Waals surface area contributed by atoms with Crippen molar-refractivity contribution in [3.8, 4) is 0 Å². The topological polar surface area (TPSA) is 49.3 Å². The van der Waals surface area contributed by atoms with Crippen LogP contribution in [0.2, 0.25) is 0 Å². The van der Waals surface area contributed by atoms with Gasteiger partial charge in [-0.3, -0.25) is 4.79 Å². The first-order valence-electron chi connectivity index (χ1n) is 7.67. The molecule has 3 heterocycles. The number of amides is 1. The fourth-order valence-electron chi connectivity index (χ4n) is 3.34. The lowest BCUT2D eigenvalue weighted by molar-refractivity contribution is -0.121. The number of aryl methyl sites for hydroxylation is 1. The summed E-state index contributed by atoms with van der Waals surface area (Å²) in [6.45, 7) is 4.36. The molecule has 1 fully saturated rings. The summed E-state index contributed by atoms with van der Waals surface area (Å²) in [7, 11) is 0. The van der Waals surface area contributed by atoms with Crippen LogP contribution in [0.15, 0.2) is 24.3 Å². The molecule has 0 N–H and O–H groups in total. The van der Waals surface area contributed by atoms with Gasteiger partial charge in [0, 0.05) is 36.9 Å². The minimum absolute atomic E-state index is 0.0652. The van der Waals surface area contributed by atoms with Crippen molar-refractivity contribution in [1.82, 2.24) is 9.36 Å². The normalized spacial score (nSPS) is 20.5. The third kappa shape index (κ3) is 2.27. The number of aromatic nitrogens is 2. The molecule has 114 valence electrons. The average molecular weight is 314 g/mol. The van der Waals surface area contributed by atoms with Crippen molar-refractivity contribution in [1.29, 1.82) is 0 Å². The first-order valence-corrected chi connectivity index (χ1v) is 8.44. The highest BCUT2D eigenvalue weighted by atomic mass is 32.1. The van der Waals surface area contributed by atoms with Gasteiger partial charge in [0.05, 0.1) is 5.92 Å². The molecule has 1 aromatic heterocycles. The largest absolute Gasteiger partial charge is 0.346 e. The highest BCUT2D eigenvalue weighted by Gasteiger charge is 2.35. The van der Waals surface area contributed by atoms with Gasteiger partial charge in [-0.15, -0.1) is 0 Å². The van der Waals surface area contributed by atoms with E-state index in [1.54, 1.807) is 0 Å². The summed E-state index contributed by atoms with van der Waals surface area (Å²) in [5, 5.41) is 0.939. The zero-order valence-electron chi connectivity index (χ0n) is 12.5. The lowest BCUT2D eigenvalue weighted by Crippen LogP contribution is -2.36. The van der Waals surface area contributed by atoms with Gasteiger partial charge >= 0.3 is 0 Å². The number of para-hydroxylation sites is 1. The molecule has 1 saturated heterocycles. The quantitative estimate of drug-likeness (QED) is 0.853. The molecule has 22 heavy (non-hydrogen) atoms. The van der Waals surface area contributed by atoms with E-state index in [9.17, 15) is 4.79 Å². The predicted molar refractivity (Wildman–Crippen MR) is 87.5 cm³/mol. The van der Waals surface area contributed by atoms with Gasteiger partial charge in [0.25, 0.3) is 0 Å². The molecular formula is C16H18N4OS. The van der Waals surface area contributed by atoms with Crippen LogP contribution in [0.3, 0.4) is 0 Å². The van der Waals surface area contributed by atoms with Crippen molar-refractivity contribution in [3.05, 3.63) is 35.7 Å². The molecule has 1 aromatic carbocycles. The fraction of sp³-hybridized carbons (Fsp3) is 0.438. The van der Waals surface area contributed by atoms with Crippen LogP contribution in [-0.2, 0) is 11.2 Å². The van der Waals surface area contributed by atoms with Gasteiger partial charge in [-0.2, -0.15) is 4.37 Å². The van der Waals surface area contributed by atoms with E-state index in [4.69, 9.17) is 0 Å². The standard InChI is InChI=1S/C16H18N4OS/c1-11-17-16(22-18-11)19-8-6-13(10-19)15(21)20-9-7-12-4-2-3-5-14(12)20/h2-5,13H,6-10H2,1H3. The number of carbonyl (C=O) groups excluding carboxylic acids is 1. The maximum absolute atomic E-state index is 12.9. The Bertz CT molecular complexity index is 714. The van der Waals surface area contributed by atoms with Gasteiger partial charge in [-0.1, -0.05) is 18.2 Å². The van der Waals surface area contributed by atoms with Gasteiger partial charge in [0.15, 0.2) is 0 Å². The molecule has 6 heteroatoms. The van der Waals surface area contributed by atoms with E-state index >= 15 is 0 Å². The number of nitrogens with zero attached hydrogens (tertiary/aromatic N) is 4. The van der Waals surface area contributed by atoms with E-state index < -0.39 is 0 Å². The van der Waals surface area contributed by atoms with E-state index in [0.29, 0.717) is 0 Å². The molecule has 1 atom stereocenters. The number of rotatable bonds is 2. The molecule has 1 unspecified atom stereocenters. The minimum Gasteiger partial charge on any atom is -0.346 e. The maximum Gasteiger partial charge on any atom is 0.231 e. The number of carbonyl (C=O) groups is 1. The molecule has 4 rings (SSSR count). The van der Waals surface area contributed by atoms with E-state index in [2.05, 4.69) is 26.4 Å². The molecule has 0 aliphatic carbocycles. The Hall–Kier alpha value is -1.95. The maximum atomic E-state index is 12.9. The Balaban J connectivity index is 1.49. The van der Waals surface area contributed by atoms with Gasteiger partial charge in [0.2, 0.25) is 11.0 Å². The van der Waals surface area contributed by atoms with Crippen molar-refractivity contribution in [2.75, 3.05) is 29.4 Å². The Morgan fingerprint density at radius 1 is 1.32 bits per heavy atom. The van der Waals surface area contributed by atoms with Crippen LogP contribution in [0.4, 0.5) is 10.8 Å². The third-order valence-electron chi connectivity index (χ3n) is 4.48. The molecule has 1 amide bonds. The van der Waals surface area contributed by atoms with E-state index in [1.165, 1.54) is 17.1 Å². The van der Waals surface area contributed by atoms with Crippen LogP contribution < -0.4 is 9.80 Å². The second-order valence-corrected chi connectivity index (χ2v) is 6.65.